The molecule has 2 bridgehead atoms. The zero-order valence-corrected chi connectivity index (χ0v) is 23.1. The Morgan fingerprint density at radius 2 is 1.26 bits per heavy atom. The number of likely N-dealkylation sites (tertiary alicyclic amines) is 1. The summed E-state index contributed by atoms with van der Waals surface area (Å²) in [6.45, 7) is 7.56. The number of aryl methyl sites for hydroxylation is 2. The smallest absolute Gasteiger partial charge is 0.247 e. The van der Waals surface area contributed by atoms with Crippen LogP contribution in [0.4, 0.5) is 5.69 Å². The molecule has 7 heteroatoms. The lowest BCUT2D eigenvalue weighted by molar-refractivity contribution is -0.148. The Balaban J connectivity index is 1.48. The Hall–Kier alpha value is -3.15. The van der Waals surface area contributed by atoms with E-state index in [9.17, 15) is 14.4 Å². The minimum atomic E-state index is -1.28. The van der Waals surface area contributed by atoms with Gasteiger partial charge in [-0.05, 0) is 53.6 Å². The highest BCUT2D eigenvalue weighted by molar-refractivity contribution is 6.36. The van der Waals surface area contributed by atoms with Crippen molar-refractivity contribution < 1.29 is 14.4 Å². The van der Waals surface area contributed by atoms with Gasteiger partial charge in [0.15, 0.2) is 0 Å². The molecule has 1 saturated heterocycles. The fourth-order valence-electron chi connectivity index (χ4n) is 6.84. The molecule has 1 aliphatic heterocycles. The standard InChI is InChI=1S/C31H28Cl2N2O3/c1-16(2)26(27(36)34-23-14-13-17(3)15-18(23)4)35-28(37)24-25(29(35)38)31(33)20-10-6-5-9-19(20)30(24,32)21-11-7-8-12-22(21)31/h5-16,24-26H,1-4H3,(H,34,36)/t24-,25+,26-,30?,31?/m0/s1. The summed E-state index contributed by atoms with van der Waals surface area (Å²) in [6.07, 6.45) is 0. The molecule has 1 heterocycles. The van der Waals surface area contributed by atoms with Gasteiger partial charge in [-0.2, -0.15) is 0 Å². The maximum atomic E-state index is 14.3. The van der Waals surface area contributed by atoms with Gasteiger partial charge in [0.25, 0.3) is 0 Å². The van der Waals surface area contributed by atoms with E-state index in [-0.39, 0.29) is 5.92 Å². The number of imide groups is 1. The molecule has 7 rings (SSSR count). The van der Waals surface area contributed by atoms with Crippen LogP contribution in [0.3, 0.4) is 0 Å². The molecule has 0 radical (unpaired) electrons. The molecule has 0 spiro atoms. The van der Waals surface area contributed by atoms with E-state index in [4.69, 9.17) is 23.2 Å². The monoisotopic (exact) mass is 546 g/mol. The first-order chi connectivity index (χ1) is 18.0. The van der Waals surface area contributed by atoms with Crippen LogP contribution in [0.25, 0.3) is 0 Å². The molecule has 3 aromatic carbocycles. The molecule has 38 heavy (non-hydrogen) atoms. The second-order valence-electron chi connectivity index (χ2n) is 11.0. The van der Waals surface area contributed by atoms with Gasteiger partial charge in [-0.3, -0.25) is 19.3 Å². The van der Waals surface area contributed by atoms with E-state index in [1.807, 2.05) is 94.4 Å². The van der Waals surface area contributed by atoms with E-state index in [2.05, 4.69) is 5.32 Å². The highest BCUT2D eigenvalue weighted by Gasteiger charge is 2.73. The number of carbonyl (C=O) groups excluding carboxylic acids is 3. The van der Waals surface area contributed by atoms with Gasteiger partial charge in [0, 0.05) is 5.69 Å². The van der Waals surface area contributed by atoms with Crippen molar-refractivity contribution >= 4 is 46.6 Å². The van der Waals surface area contributed by atoms with Gasteiger partial charge < -0.3 is 5.32 Å². The summed E-state index contributed by atoms with van der Waals surface area (Å²) in [7, 11) is 0. The molecule has 1 fully saturated rings. The van der Waals surface area contributed by atoms with Crippen LogP contribution in [0.2, 0.25) is 0 Å². The van der Waals surface area contributed by atoms with Crippen LogP contribution in [0, 0.1) is 31.6 Å². The molecule has 1 N–H and O–H groups in total. The quantitative estimate of drug-likeness (QED) is 0.329. The Kier molecular flexibility index (Phi) is 5.57. The summed E-state index contributed by atoms with van der Waals surface area (Å²) < 4.78 is 0. The van der Waals surface area contributed by atoms with E-state index in [0.717, 1.165) is 38.3 Å². The third-order valence-electron chi connectivity index (χ3n) is 8.44. The average Bonchev–Trinajstić information content (AvgIpc) is 3.15. The van der Waals surface area contributed by atoms with Crippen molar-refractivity contribution in [3.8, 4) is 0 Å². The third-order valence-corrected chi connectivity index (χ3v) is 9.72. The fraction of sp³-hybridized carbons (Fsp3) is 0.323. The first-order valence-corrected chi connectivity index (χ1v) is 13.6. The second-order valence-corrected chi connectivity index (χ2v) is 12.2. The van der Waals surface area contributed by atoms with Crippen molar-refractivity contribution in [2.75, 3.05) is 5.32 Å². The van der Waals surface area contributed by atoms with Crippen LogP contribution in [-0.4, -0.2) is 28.7 Å². The number of nitrogens with zero attached hydrogens (tertiary/aromatic N) is 1. The van der Waals surface area contributed by atoms with E-state index in [1.165, 1.54) is 0 Å². The Morgan fingerprint density at radius 3 is 1.66 bits per heavy atom. The number of nitrogens with one attached hydrogen (secondary N) is 1. The molecule has 3 aromatic rings. The van der Waals surface area contributed by atoms with Crippen LogP contribution in [0.15, 0.2) is 66.7 Å². The maximum absolute atomic E-state index is 14.3. The summed E-state index contributed by atoms with van der Waals surface area (Å²) in [5.41, 5.74) is 5.56. The van der Waals surface area contributed by atoms with Gasteiger partial charge in [0.05, 0.1) is 11.8 Å². The molecule has 0 unspecified atom stereocenters. The molecule has 3 atom stereocenters. The van der Waals surface area contributed by atoms with E-state index < -0.39 is 45.3 Å². The van der Waals surface area contributed by atoms with Gasteiger partial charge in [-0.1, -0.05) is 80.1 Å². The van der Waals surface area contributed by atoms with E-state index >= 15 is 0 Å². The van der Waals surface area contributed by atoms with Gasteiger partial charge in [0.2, 0.25) is 17.7 Å². The van der Waals surface area contributed by atoms with Crippen molar-refractivity contribution in [1.29, 1.82) is 0 Å². The van der Waals surface area contributed by atoms with Gasteiger partial charge in [-0.25, -0.2) is 0 Å². The summed E-state index contributed by atoms with van der Waals surface area (Å²) in [4.78, 5) is 40.9. The normalized spacial score (nSPS) is 27.7. The van der Waals surface area contributed by atoms with E-state index in [0.29, 0.717) is 5.69 Å². The number of halogens is 2. The van der Waals surface area contributed by atoms with Crippen LogP contribution >= 0.6 is 23.2 Å². The SMILES string of the molecule is Cc1ccc(NC(=O)[C@H](C(C)C)N2C(=O)[C@@H]3[C@H](C2=O)C2(Cl)c4ccccc4C3(Cl)c3ccccc32)c(C)c1. The third kappa shape index (κ3) is 3.09. The van der Waals surface area contributed by atoms with Crippen LogP contribution in [0.5, 0.6) is 0 Å². The Morgan fingerprint density at radius 1 is 0.816 bits per heavy atom. The zero-order valence-electron chi connectivity index (χ0n) is 21.6. The minimum absolute atomic E-state index is 0.339. The van der Waals surface area contributed by atoms with Crippen molar-refractivity contribution in [3.05, 3.63) is 100 Å². The highest BCUT2D eigenvalue weighted by Crippen LogP contribution is 2.69. The van der Waals surface area contributed by atoms with Gasteiger partial charge in [0.1, 0.15) is 15.8 Å². The lowest BCUT2D eigenvalue weighted by Crippen LogP contribution is -2.57. The number of rotatable bonds is 4. The first kappa shape index (κ1) is 25.1. The molecule has 3 aliphatic carbocycles. The van der Waals surface area contributed by atoms with Crippen molar-refractivity contribution in [2.24, 2.45) is 17.8 Å². The molecular weight excluding hydrogens is 519 g/mol. The minimum Gasteiger partial charge on any atom is -0.324 e. The van der Waals surface area contributed by atoms with Crippen LogP contribution in [-0.2, 0) is 24.1 Å². The van der Waals surface area contributed by atoms with E-state index in [1.54, 1.807) is 0 Å². The number of benzene rings is 3. The predicted octanol–water partition coefficient (Wildman–Crippen LogP) is 5.86. The average molecular weight is 547 g/mol. The van der Waals surface area contributed by atoms with Crippen molar-refractivity contribution in [2.45, 2.75) is 43.5 Å². The fourth-order valence-corrected chi connectivity index (χ4v) is 7.94. The molecule has 5 nitrogen and oxygen atoms in total. The lowest BCUT2D eigenvalue weighted by Gasteiger charge is -2.54. The van der Waals surface area contributed by atoms with Gasteiger partial charge >= 0.3 is 0 Å². The number of carbonyl (C=O) groups is 3. The molecule has 0 aromatic heterocycles. The number of amides is 3. The maximum Gasteiger partial charge on any atom is 0.247 e. The van der Waals surface area contributed by atoms with Crippen LogP contribution in [0.1, 0.15) is 47.2 Å². The lowest BCUT2D eigenvalue weighted by atomic mass is 9.54. The van der Waals surface area contributed by atoms with Crippen LogP contribution < -0.4 is 5.32 Å². The molecule has 0 saturated carbocycles. The topological polar surface area (TPSA) is 66.5 Å². The van der Waals surface area contributed by atoms with Gasteiger partial charge in [-0.15, -0.1) is 23.2 Å². The second kappa shape index (κ2) is 8.42. The molecule has 4 aliphatic rings. The van der Waals surface area contributed by atoms with Crippen molar-refractivity contribution in [3.63, 3.8) is 0 Å². The largest absolute Gasteiger partial charge is 0.324 e. The molecule has 194 valence electrons. The molecular formula is C31H28Cl2N2O3. The predicted molar refractivity (Wildman–Crippen MR) is 148 cm³/mol. The van der Waals surface area contributed by atoms with Crippen molar-refractivity contribution in [1.82, 2.24) is 4.90 Å². The number of hydrogen-bond acceptors (Lipinski definition) is 3. The summed E-state index contributed by atoms with van der Waals surface area (Å²) in [5, 5.41) is 2.96. The number of anilines is 1. The zero-order chi connectivity index (χ0) is 27.1. The Labute approximate surface area is 232 Å². The molecule has 3 amide bonds. The Bertz CT molecular complexity index is 1410. The summed E-state index contributed by atoms with van der Waals surface area (Å²) in [6, 6.07) is 19.7. The first-order valence-electron chi connectivity index (χ1n) is 12.9. The number of hydrogen-bond donors (Lipinski definition) is 1. The highest BCUT2D eigenvalue weighted by atomic mass is 35.5. The summed E-state index contributed by atoms with van der Waals surface area (Å²) in [5.74, 6) is -3.55. The summed E-state index contributed by atoms with van der Waals surface area (Å²) >= 11 is 15.0. The number of alkyl halides is 2.